The Morgan fingerprint density at radius 2 is 1.78 bits per heavy atom. The summed E-state index contributed by atoms with van der Waals surface area (Å²) in [6.07, 6.45) is 5.17. The van der Waals surface area contributed by atoms with Gasteiger partial charge >= 0.3 is 94.9 Å². The number of piperidine rings is 1. The number of halogens is 1. The van der Waals surface area contributed by atoms with Crippen LogP contribution in [0.1, 0.15) is 18.5 Å². The minimum atomic E-state index is -0.819. The van der Waals surface area contributed by atoms with Crippen molar-refractivity contribution in [2.75, 3.05) is 19.5 Å². The van der Waals surface area contributed by atoms with E-state index in [1.807, 2.05) is 41.3 Å². The van der Waals surface area contributed by atoms with Crippen molar-refractivity contribution >= 4 is 23.1 Å². The Bertz CT molecular complexity index is 593. The topological polar surface area (TPSA) is 66.3 Å². The molecule has 0 spiro atoms. The second-order valence-corrected chi connectivity index (χ2v) is 6.18. The zero-order valence-electron chi connectivity index (χ0n) is 12.8. The molecule has 1 N–H and O–H groups in total. The van der Waals surface area contributed by atoms with Crippen LogP contribution >= 0.6 is 15.9 Å². The van der Waals surface area contributed by atoms with Crippen molar-refractivity contribution in [3.8, 4) is 0 Å². The molecule has 3 heterocycles. The number of rotatable bonds is 3. The van der Waals surface area contributed by atoms with Crippen LogP contribution in [-0.4, -0.2) is 46.7 Å². The first-order chi connectivity index (χ1) is 11.1. The molecule has 2 aromatic rings. The Morgan fingerprint density at radius 1 is 1.13 bits per heavy atom. The molecule has 2 aromatic heterocycles. The van der Waals surface area contributed by atoms with E-state index in [2.05, 4.69) is 25.9 Å². The molecule has 0 saturated carbocycles. The SMILES string of the molecule is Brc1ccccn1.O=BCN1CCC(O)(c2ccccn2)CC1. The fourth-order valence-electron chi connectivity index (χ4n) is 2.45. The summed E-state index contributed by atoms with van der Waals surface area (Å²) >= 11 is 3.20. The zero-order chi connectivity index (χ0) is 16.5. The molecular formula is C16H19BBrN3O2. The summed E-state index contributed by atoms with van der Waals surface area (Å²) in [6, 6.07) is 11.3. The zero-order valence-corrected chi connectivity index (χ0v) is 14.4. The van der Waals surface area contributed by atoms with Gasteiger partial charge in [0.1, 0.15) is 4.60 Å². The summed E-state index contributed by atoms with van der Waals surface area (Å²) in [5.41, 5.74) is -0.0820. The standard InChI is InChI=1S/C11H15BN2O2.C5H4BrN/c15-11(10-3-1-2-6-13-10)4-7-14(8-5-11)9-12-16;6-5-3-1-2-4-7-5/h1-3,6,15H,4-5,7-9H2;1-4H. The average molecular weight is 376 g/mol. The van der Waals surface area contributed by atoms with Gasteiger partial charge in [0.25, 0.3) is 0 Å². The molecule has 0 radical (unpaired) electrons. The normalized spacial score (nSPS) is 16.8. The Morgan fingerprint density at radius 3 is 2.22 bits per heavy atom. The predicted octanol–water partition coefficient (Wildman–Crippen LogP) is 2.22. The van der Waals surface area contributed by atoms with Gasteiger partial charge in [-0.2, -0.15) is 0 Å². The molecule has 23 heavy (non-hydrogen) atoms. The van der Waals surface area contributed by atoms with E-state index in [4.69, 9.17) is 0 Å². The second-order valence-electron chi connectivity index (χ2n) is 5.37. The number of aliphatic hydroxyl groups is 1. The van der Waals surface area contributed by atoms with Crippen LogP contribution < -0.4 is 0 Å². The Hall–Kier alpha value is -1.44. The van der Waals surface area contributed by atoms with Gasteiger partial charge in [-0.05, 0) is 28.1 Å². The van der Waals surface area contributed by atoms with Gasteiger partial charge < -0.3 is 0 Å². The summed E-state index contributed by atoms with van der Waals surface area (Å²) in [6.45, 7) is 1.48. The Kier molecular flexibility index (Phi) is 7.01. The van der Waals surface area contributed by atoms with E-state index in [-0.39, 0.29) is 0 Å². The number of hydrogen-bond donors (Lipinski definition) is 1. The molecule has 1 saturated heterocycles. The molecule has 1 fully saturated rings. The Balaban J connectivity index is 0.000000229. The van der Waals surface area contributed by atoms with Gasteiger partial charge in [0.2, 0.25) is 0 Å². The van der Waals surface area contributed by atoms with Crippen molar-refractivity contribution in [3.63, 3.8) is 0 Å². The van der Waals surface area contributed by atoms with E-state index >= 15 is 0 Å². The van der Waals surface area contributed by atoms with E-state index in [9.17, 15) is 9.81 Å². The molecule has 5 nitrogen and oxygen atoms in total. The van der Waals surface area contributed by atoms with Crippen LogP contribution in [0.4, 0.5) is 0 Å². The summed E-state index contributed by atoms with van der Waals surface area (Å²) in [5, 5.41) is 10.5. The fraction of sp³-hybridized carbons (Fsp3) is 0.375. The summed E-state index contributed by atoms with van der Waals surface area (Å²) in [7, 11) is 0.908. The van der Waals surface area contributed by atoms with E-state index in [1.165, 1.54) is 0 Å². The van der Waals surface area contributed by atoms with Crippen LogP contribution in [0.3, 0.4) is 0 Å². The second kappa shape index (κ2) is 9.01. The third-order valence-corrected chi connectivity index (χ3v) is 4.26. The molecular weight excluding hydrogens is 357 g/mol. The van der Waals surface area contributed by atoms with Gasteiger partial charge in [0, 0.05) is 6.20 Å². The first-order valence-electron chi connectivity index (χ1n) is 7.50. The number of aromatic nitrogens is 2. The molecule has 0 aromatic carbocycles. The average Bonchev–Trinajstić information content (AvgIpc) is 2.59. The molecule has 0 amide bonds. The van der Waals surface area contributed by atoms with E-state index in [1.54, 1.807) is 12.4 Å². The van der Waals surface area contributed by atoms with Crippen molar-refractivity contribution in [1.29, 1.82) is 0 Å². The van der Waals surface area contributed by atoms with E-state index in [0.717, 1.165) is 30.5 Å². The molecule has 0 atom stereocenters. The van der Waals surface area contributed by atoms with Crippen molar-refractivity contribution in [2.24, 2.45) is 0 Å². The molecule has 0 unspecified atom stereocenters. The fourth-order valence-corrected chi connectivity index (χ4v) is 2.72. The number of nitrogens with zero attached hydrogens (tertiary/aromatic N) is 3. The quantitative estimate of drug-likeness (QED) is 0.658. The Labute approximate surface area is 145 Å². The monoisotopic (exact) mass is 375 g/mol. The van der Waals surface area contributed by atoms with Crippen LogP contribution in [0.2, 0.25) is 0 Å². The molecule has 1 aliphatic rings. The van der Waals surface area contributed by atoms with Gasteiger partial charge in [-0.15, -0.1) is 0 Å². The van der Waals surface area contributed by atoms with Crippen molar-refractivity contribution in [2.45, 2.75) is 18.4 Å². The van der Waals surface area contributed by atoms with Gasteiger partial charge in [-0.25, -0.2) is 4.98 Å². The van der Waals surface area contributed by atoms with Gasteiger partial charge in [0.05, 0.1) is 0 Å². The summed E-state index contributed by atoms with van der Waals surface area (Å²) in [5.74, 6) is 0. The van der Waals surface area contributed by atoms with E-state index < -0.39 is 5.60 Å². The molecule has 1 aliphatic heterocycles. The molecule has 0 aliphatic carbocycles. The van der Waals surface area contributed by atoms with Crippen LogP contribution in [0.25, 0.3) is 0 Å². The first-order valence-corrected chi connectivity index (χ1v) is 8.30. The molecule has 3 rings (SSSR count). The molecule has 0 bridgehead atoms. The summed E-state index contributed by atoms with van der Waals surface area (Å²) < 4.78 is 11.3. The van der Waals surface area contributed by atoms with Crippen LogP contribution in [-0.2, 0) is 10.3 Å². The van der Waals surface area contributed by atoms with Crippen LogP contribution in [0.5, 0.6) is 0 Å². The third kappa shape index (κ3) is 5.60. The van der Waals surface area contributed by atoms with Gasteiger partial charge in [0.15, 0.2) is 0 Å². The van der Waals surface area contributed by atoms with E-state index in [0.29, 0.717) is 19.3 Å². The first kappa shape index (κ1) is 17.9. The summed E-state index contributed by atoms with van der Waals surface area (Å²) in [4.78, 5) is 10.1. The maximum atomic E-state index is 10.5. The van der Waals surface area contributed by atoms with Crippen molar-refractivity contribution < 1.29 is 9.81 Å². The van der Waals surface area contributed by atoms with Crippen molar-refractivity contribution in [3.05, 3.63) is 59.1 Å². The van der Waals surface area contributed by atoms with Crippen molar-refractivity contribution in [1.82, 2.24) is 14.9 Å². The van der Waals surface area contributed by atoms with Crippen LogP contribution in [0, 0.1) is 0 Å². The predicted molar refractivity (Wildman–Crippen MR) is 92.2 cm³/mol. The van der Waals surface area contributed by atoms with Gasteiger partial charge in [-0.3, -0.25) is 0 Å². The van der Waals surface area contributed by atoms with Gasteiger partial charge in [-0.1, -0.05) is 6.07 Å². The maximum absolute atomic E-state index is 10.5. The molecule has 120 valence electrons. The van der Waals surface area contributed by atoms with Crippen LogP contribution in [0.15, 0.2) is 53.4 Å². The third-order valence-electron chi connectivity index (χ3n) is 3.79. The number of likely N-dealkylation sites (tertiary alicyclic amines) is 1. The number of hydrogen-bond acceptors (Lipinski definition) is 5. The minimum absolute atomic E-state index is 0.457. The number of pyridine rings is 2. The molecule has 7 heteroatoms.